The molecule has 0 heterocycles. The van der Waals surface area contributed by atoms with Gasteiger partial charge in [-0.1, -0.05) is 31.5 Å². The number of carboxylic acid groups (broad SMARTS) is 1. The maximum absolute atomic E-state index is 10.6. The molecule has 1 aromatic rings. The summed E-state index contributed by atoms with van der Waals surface area (Å²) in [5.74, 6) is -0.152. The molecule has 0 amide bonds. The Morgan fingerprint density at radius 3 is 2.68 bits per heavy atom. The monoisotopic (exact) mass is 323 g/mol. The fourth-order valence-corrected chi connectivity index (χ4v) is 2.88. The lowest BCUT2D eigenvalue weighted by Gasteiger charge is -2.24. The lowest BCUT2D eigenvalue weighted by molar-refractivity contribution is -0.139. The number of nitrogens with one attached hydrogen (secondary N) is 1. The van der Waals surface area contributed by atoms with Crippen molar-refractivity contribution in [3.05, 3.63) is 23.8 Å². The van der Waals surface area contributed by atoms with Crippen molar-refractivity contribution in [1.82, 2.24) is 5.32 Å². The fraction of sp³-hybridized carbons (Fsp3) is 0.500. The summed E-state index contributed by atoms with van der Waals surface area (Å²) in [6, 6.07) is 5.72. The SMILES string of the molecule is COc1cc(C(=S)NC2CCCCC2)ccc1OCC(=O)O. The predicted octanol–water partition coefficient (Wildman–Crippen LogP) is 2.76. The number of benzene rings is 1. The van der Waals surface area contributed by atoms with Crippen molar-refractivity contribution in [2.45, 2.75) is 38.1 Å². The second kappa shape index (κ2) is 7.98. The third kappa shape index (κ3) is 4.59. The highest BCUT2D eigenvalue weighted by Crippen LogP contribution is 2.28. The summed E-state index contributed by atoms with van der Waals surface area (Å²) in [6.07, 6.45) is 6.08. The van der Waals surface area contributed by atoms with Crippen molar-refractivity contribution in [2.24, 2.45) is 0 Å². The Morgan fingerprint density at radius 1 is 1.32 bits per heavy atom. The van der Waals surface area contributed by atoms with E-state index in [1.54, 1.807) is 12.1 Å². The lowest BCUT2D eigenvalue weighted by Crippen LogP contribution is -2.35. The van der Waals surface area contributed by atoms with Crippen LogP contribution in [0.3, 0.4) is 0 Å². The van der Waals surface area contributed by atoms with Gasteiger partial charge in [0.05, 0.1) is 7.11 Å². The van der Waals surface area contributed by atoms with Gasteiger partial charge in [0.2, 0.25) is 0 Å². The van der Waals surface area contributed by atoms with Gasteiger partial charge in [0, 0.05) is 11.6 Å². The van der Waals surface area contributed by atoms with E-state index in [2.05, 4.69) is 5.32 Å². The minimum absolute atomic E-state index is 0.397. The van der Waals surface area contributed by atoms with Crippen LogP contribution in [0.25, 0.3) is 0 Å². The van der Waals surface area contributed by atoms with Gasteiger partial charge in [-0.15, -0.1) is 0 Å². The van der Waals surface area contributed by atoms with Crippen LogP contribution in [0.1, 0.15) is 37.7 Å². The molecule has 0 atom stereocenters. The zero-order chi connectivity index (χ0) is 15.9. The molecule has 2 rings (SSSR count). The van der Waals surface area contributed by atoms with E-state index < -0.39 is 12.6 Å². The van der Waals surface area contributed by atoms with Crippen LogP contribution in [-0.2, 0) is 4.79 Å². The van der Waals surface area contributed by atoms with Crippen molar-refractivity contribution in [3.8, 4) is 11.5 Å². The molecule has 0 radical (unpaired) electrons. The summed E-state index contributed by atoms with van der Waals surface area (Å²) in [4.78, 5) is 11.3. The first-order valence-corrected chi connectivity index (χ1v) is 7.84. The first-order chi connectivity index (χ1) is 10.6. The molecule has 6 heteroatoms. The van der Waals surface area contributed by atoms with Crippen molar-refractivity contribution in [3.63, 3.8) is 0 Å². The summed E-state index contributed by atoms with van der Waals surface area (Å²) in [5, 5.41) is 12.1. The van der Waals surface area contributed by atoms with Crippen molar-refractivity contribution < 1.29 is 19.4 Å². The molecule has 0 unspecified atom stereocenters. The second-order valence-corrected chi connectivity index (χ2v) is 5.76. The van der Waals surface area contributed by atoms with E-state index in [0.29, 0.717) is 22.5 Å². The molecule has 0 bridgehead atoms. The average molecular weight is 323 g/mol. The number of rotatable bonds is 6. The molecule has 1 fully saturated rings. The van der Waals surface area contributed by atoms with E-state index >= 15 is 0 Å². The van der Waals surface area contributed by atoms with Crippen LogP contribution >= 0.6 is 12.2 Å². The Morgan fingerprint density at radius 2 is 2.05 bits per heavy atom. The van der Waals surface area contributed by atoms with E-state index in [1.807, 2.05) is 6.07 Å². The molecule has 0 aliphatic heterocycles. The number of hydrogen-bond acceptors (Lipinski definition) is 4. The first kappa shape index (κ1) is 16.5. The van der Waals surface area contributed by atoms with Gasteiger partial charge in [-0.25, -0.2) is 4.79 Å². The molecule has 0 aromatic heterocycles. The van der Waals surface area contributed by atoms with Gasteiger partial charge in [0.25, 0.3) is 0 Å². The van der Waals surface area contributed by atoms with Crippen LogP contribution in [0.5, 0.6) is 11.5 Å². The van der Waals surface area contributed by atoms with Crippen molar-refractivity contribution in [2.75, 3.05) is 13.7 Å². The molecule has 1 aliphatic rings. The highest BCUT2D eigenvalue weighted by Gasteiger charge is 2.16. The molecule has 0 saturated heterocycles. The second-order valence-electron chi connectivity index (χ2n) is 5.36. The quantitative estimate of drug-likeness (QED) is 0.785. The molecule has 0 spiro atoms. The summed E-state index contributed by atoms with van der Waals surface area (Å²) in [5.41, 5.74) is 0.847. The number of hydrogen-bond donors (Lipinski definition) is 2. The first-order valence-electron chi connectivity index (χ1n) is 7.43. The third-order valence-corrected chi connectivity index (χ3v) is 4.07. The van der Waals surface area contributed by atoms with Crippen LogP contribution in [0.2, 0.25) is 0 Å². The molecule has 22 heavy (non-hydrogen) atoms. The van der Waals surface area contributed by atoms with Gasteiger partial charge < -0.3 is 19.9 Å². The topological polar surface area (TPSA) is 67.8 Å². The predicted molar refractivity (Wildman–Crippen MR) is 87.8 cm³/mol. The van der Waals surface area contributed by atoms with Gasteiger partial charge in [-0.3, -0.25) is 0 Å². The van der Waals surface area contributed by atoms with E-state index in [4.69, 9.17) is 26.8 Å². The normalized spacial score (nSPS) is 15.1. The Hall–Kier alpha value is -1.82. The van der Waals surface area contributed by atoms with Gasteiger partial charge in [0.1, 0.15) is 4.99 Å². The Labute approximate surface area is 135 Å². The molecule has 5 nitrogen and oxygen atoms in total. The van der Waals surface area contributed by atoms with Crippen molar-refractivity contribution in [1.29, 1.82) is 0 Å². The van der Waals surface area contributed by atoms with E-state index in [1.165, 1.54) is 26.4 Å². The third-order valence-electron chi connectivity index (χ3n) is 3.72. The largest absolute Gasteiger partial charge is 0.493 e. The number of methoxy groups -OCH3 is 1. The molecular formula is C16H21NO4S. The molecule has 1 saturated carbocycles. The van der Waals surface area contributed by atoms with Gasteiger partial charge in [0.15, 0.2) is 18.1 Å². The van der Waals surface area contributed by atoms with E-state index in [9.17, 15) is 4.79 Å². The molecule has 1 aromatic carbocycles. The van der Waals surface area contributed by atoms with E-state index in [-0.39, 0.29) is 0 Å². The van der Waals surface area contributed by atoms with Gasteiger partial charge >= 0.3 is 5.97 Å². The molecular weight excluding hydrogens is 302 g/mol. The summed E-state index contributed by atoms with van der Waals surface area (Å²) < 4.78 is 10.4. The van der Waals surface area contributed by atoms with Crippen LogP contribution in [0.4, 0.5) is 0 Å². The standard InChI is InChI=1S/C16H21NO4S/c1-20-14-9-11(7-8-13(14)21-10-15(18)19)16(22)17-12-5-3-2-4-6-12/h7-9,12H,2-6,10H2,1H3,(H,17,22)(H,18,19). The number of carboxylic acids is 1. The molecule has 120 valence electrons. The zero-order valence-electron chi connectivity index (χ0n) is 12.6. The van der Waals surface area contributed by atoms with Gasteiger partial charge in [-0.05, 0) is 31.0 Å². The fourth-order valence-electron chi connectivity index (χ4n) is 2.58. The van der Waals surface area contributed by atoms with Gasteiger partial charge in [-0.2, -0.15) is 0 Å². The minimum Gasteiger partial charge on any atom is -0.493 e. The molecule has 1 aliphatic carbocycles. The summed E-state index contributed by atoms with van der Waals surface area (Å²) in [7, 11) is 1.52. The number of thiocarbonyl (C=S) groups is 1. The number of ether oxygens (including phenoxy) is 2. The number of aliphatic carboxylic acids is 1. The van der Waals surface area contributed by atoms with Crippen LogP contribution in [0, 0.1) is 0 Å². The lowest BCUT2D eigenvalue weighted by atomic mass is 9.95. The number of carbonyl (C=O) groups is 1. The smallest absolute Gasteiger partial charge is 0.341 e. The van der Waals surface area contributed by atoms with Crippen LogP contribution < -0.4 is 14.8 Å². The van der Waals surface area contributed by atoms with Crippen LogP contribution in [-0.4, -0.2) is 35.8 Å². The Balaban J connectivity index is 2.04. The van der Waals surface area contributed by atoms with Crippen LogP contribution in [0.15, 0.2) is 18.2 Å². The average Bonchev–Trinajstić information content (AvgIpc) is 2.53. The maximum Gasteiger partial charge on any atom is 0.341 e. The Kier molecular flexibility index (Phi) is 6.00. The van der Waals surface area contributed by atoms with E-state index in [0.717, 1.165) is 18.4 Å². The highest BCUT2D eigenvalue weighted by atomic mass is 32.1. The molecule has 2 N–H and O–H groups in total. The minimum atomic E-state index is -1.03. The summed E-state index contributed by atoms with van der Waals surface area (Å²) in [6.45, 7) is -0.402. The highest BCUT2D eigenvalue weighted by molar-refractivity contribution is 7.80. The maximum atomic E-state index is 10.6. The zero-order valence-corrected chi connectivity index (χ0v) is 13.4. The Bertz CT molecular complexity index is 541. The van der Waals surface area contributed by atoms with Crippen molar-refractivity contribution >= 4 is 23.2 Å². The summed E-state index contributed by atoms with van der Waals surface area (Å²) >= 11 is 5.46.